The maximum atomic E-state index is 10.9. The van der Waals surface area contributed by atoms with E-state index in [-0.39, 0.29) is 17.0 Å². The summed E-state index contributed by atoms with van der Waals surface area (Å²) in [6.45, 7) is 4.67. The van der Waals surface area contributed by atoms with Crippen LogP contribution in [0.3, 0.4) is 0 Å². The zero-order chi connectivity index (χ0) is 16.7. The number of morpholine rings is 1. The summed E-state index contributed by atoms with van der Waals surface area (Å²) < 4.78 is 16.0. The zero-order valence-electron chi connectivity index (χ0n) is 13.0. The van der Waals surface area contributed by atoms with E-state index in [1.54, 1.807) is 0 Å². The van der Waals surface area contributed by atoms with Crippen LogP contribution in [0, 0.1) is 21.4 Å². The van der Waals surface area contributed by atoms with E-state index in [1.165, 1.54) is 19.2 Å². The molecule has 23 heavy (non-hydrogen) atoms. The Hall–Kier alpha value is -2.37. The minimum atomic E-state index is -0.608. The molecule has 0 spiro atoms. The van der Waals surface area contributed by atoms with Crippen molar-refractivity contribution >= 4 is 5.69 Å². The lowest BCUT2D eigenvalue weighted by Crippen LogP contribution is -2.37. The zero-order valence-corrected chi connectivity index (χ0v) is 13.0. The van der Waals surface area contributed by atoms with Gasteiger partial charge in [0.1, 0.15) is 11.6 Å². The molecule has 2 rings (SSSR count). The summed E-state index contributed by atoms with van der Waals surface area (Å²) in [5.41, 5.74) is -0.330. The third-order valence-electron chi connectivity index (χ3n) is 3.58. The van der Waals surface area contributed by atoms with Gasteiger partial charge in [0.25, 0.3) is 5.69 Å². The summed E-state index contributed by atoms with van der Waals surface area (Å²) in [4.78, 5) is 12.6. The van der Waals surface area contributed by atoms with Crippen molar-refractivity contribution in [1.29, 1.82) is 5.26 Å². The molecular formula is C15H19N3O5. The average Bonchev–Trinajstić information content (AvgIpc) is 2.58. The maximum absolute atomic E-state index is 10.9. The minimum Gasteiger partial charge on any atom is -0.493 e. The van der Waals surface area contributed by atoms with E-state index in [0.717, 1.165) is 39.3 Å². The normalized spacial score (nSPS) is 15.0. The monoisotopic (exact) mass is 321 g/mol. The molecule has 1 heterocycles. The third-order valence-corrected chi connectivity index (χ3v) is 3.58. The highest BCUT2D eigenvalue weighted by Crippen LogP contribution is 2.34. The molecule has 0 N–H and O–H groups in total. The first-order chi connectivity index (χ1) is 11.2. The Morgan fingerprint density at radius 1 is 1.39 bits per heavy atom. The van der Waals surface area contributed by atoms with E-state index in [0.29, 0.717) is 12.4 Å². The predicted molar refractivity (Wildman–Crippen MR) is 81.7 cm³/mol. The summed E-state index contributed by atoms with van der Waals surface area (Å²) in [5.74, 6) is 0.596. The van der Waals surface area contributed by atoms with Crippen LogP contribution in [0.1, 0.15) is 12.0 Å². The highest BCUT2D eigenvalue weighted by molar-refractivity contribution is 5.58. The fourth-order valence-corrected chi connectivity index (χ4v) is 2.36. The topological polar surface area (TPSA) is 97.9 Å². The van der Waals surface area contributed by atoms with Crippen LogP contribution in [0.2, 0.25) is 0 Å². The molecule has 1 saturated heterocycles. The molecule has 0 amide bonds. The molecule has 0 aromatic heterocycles. The van der Waals surface area contributed by atoms with Gasteiger partial charge in [0.05, 0.1) is 37.9 Å². The Balaban J connectivity index is 1.95. The molecule has 0 atom stereocenters. The second kappa shape index (κ2) is 8.31. The minimum absolute atomic E-state index is 0.0426. The lowest BCUT2D eigenvalue weighted by atomic mass is 10.1. The van der Waals surface area contributed by atoms with E-state index in [9.17, 15) is 10.1 Å². The Morgan fingerprint density at radius 3 is 2.74 bits per heavy atom. The second-order valence-corrected chi connectivity index (χ2v) is 5.05. The number of nitrogens with zero attached hydrogens (tertiary/aromatic N) is 3. The number of methoxy groups -OCH3 is 1. The number of nitriles is 1. The first-order valence-corrected chi connectivity index (χ1v) is 7.35. The molecule has 8 heteroatoms. The van der Waals surface area contributed by atoms with E-state index in [2.05, 4.69) is 4.90 Å². The molecule has 1 aliphatic rings. The fraction of sp³-hybridized carbons (Fsp3) is 0.533. The van der Waals surface area contributed by atoms with Crippen LogP contribution in [-0.4, -0.2) is 56.4 Å². The van der Waals surface area contributed by atoms with Gasteiger partial charge in [0.2, 0.25) is 0 Å². The van der Waals surface area contributed by atoms with Gasteiger partial charge in [-0.1, -0.05) is 0 Å². The van der Waals surface area contributed by atoms with E-state index >= 15 is 0 Å². The summed E-state index contributed by atoms with van der Waals surface area (Å²) in [6.07, 6.45) is 0.808. The van der Waals surface area contributed by atoms with Crippen molar-refractivity contribution in [1.82, 2.24) is 4.90 Å². The van der Waals surface area contributed by atoms with Gasteiger partial charge < -0.3 is 14.2 Å². The molecule has 0 unspecified atom stereocenters. The van der Waals surface area contributed by atoms with Gasteiger partial charge in [-0.05, 0) is 6.42 Å². The summed E-state index contributed by atoms with van der Waals surface area (Å²) in [6, 6.07) is 4.38. The molecule has 0 bridgehead atoms. The standard InChI is InChI=1S/C15H19N3O5/c1-21-14-10-13(18(19)20)12(11-16)9-15(14)23-6-2-3-17-4-7-22-8-5-17/h9-10H,2-8H2,1H3. The summed E-state index contributed by atoms with van der Waals surface area (Å²) in [5, 5.41) is 20.0. The number of ether oxygens (including phenoxy) is 3. The SMILES string of the molecule is COc1cc([N+](=O)[O-])c(C#N)cc1OCCCN1CCOCC1. The number of nitro benzene ring substituents is 1. The van der Waals surface area contributed by atoms with Gasteiger partial charge in [-0.15, -0.1) is 0 Å². The lowest BCUT2D eigenvalue weighted by molar-refractivity contribution is -0.385. The maximum Gasteiger partial charge on any atom is 0.291 e. The number of benzene rings is 1. The highest BCUT2D eigenvalue weighted by atomic mass is 16.6. The van der Waals surface area contributed by atoms with Crippen molar-refractivity contribution in [3.8, 4) is 17.6 Å². The van der Waals surface area contributed by atoms with Crippen LogP contribution < -0.4 is 9.47 Å². The van der Waals surface area contributed by atoms with Crippen molar-refractivity contribution in [3.63, 3.8) is 0 Å². The van der Waals surface area contributed by atoms with Gasteiger partial charge in [-0.2, -0.15) is 5.26 Å². The Bertz CT molecular complexity index is 594. The summed E-state index contributed by atoms with van der Waals surface area (Å²) >= 11 is 0. The van der Waals surface area contributed by atoms with Crippen LogP contribution in [0.4, 0.5) is 5.69 Å². The van der Waals surface area contributed by atoms with Crippen molar-refractivity contribution in [3.05, 3.63) is 27.8 Å². The lowest BCUT2D eigenvalue weighted by Gasteiger charge is -2.26. The molecule has 1 aromatic rings. The molecule has 1 aromatic carbocycles. The number of rotatable bonds is 7. The molecule has 1 aliphatic heterocycles. The Morgan fingerprint density at radius 2 is 2.13 bits per heavy atom. The first kappa shape index (κ1) is 17.0. The van der Waals surface area contributed by atoms with E-state index in [1.807, 2.05) is 6.07 Å². The van der Waals surface area contributed by atoms with Gasteiger partial charge >= 0.3 is 0 Å². The molecule has 0 aliphatic carbocycles. The largest absolute Gasteiger partial charge is 0.493 e. The van der Waals surface area contributed by atoms with Crippen LogP contribution in [0.5, 0.6) is 11.5 Å². The van der Waals surface area contributed by atoms with Crippen molar-refractivity contribution < 1.29 is 19.1 Å². The van der Waals surface area contributed by atoms with Crippen LogP contribution in [0.15, 0.2) is 12.1 Å². The van der Waals surface area contributed by atoms with Crippen LogP contribution in [0.25, 0.3) is 0 Å². The van der Waals surface area contributed by atoms with Gasteiger partial charge in [0, 0.05) is 25.7 Å². The number of hydrogen-bond acceptors (Lipinski definition) is 7. The average molecular weight is 321 g/mol. The van der Waals surface area contributed by atoms with E-state index in [4.69, 9.17) is 19.5 Å². The van der Waals surface area contributed by atoms with Gasteiger partial charge in [-0.25, -0.2) is 0 Å². The Labute approximate surface area is 134 Å². The molecule has 0 radical (unpaired) electrons. The summed E-state index contributed by atoms with van der Waals surface area (Å²) in [7, 11) is 1.41. The number of hydrogen-bond donors (Lipinski definition) is 0. The quantitative estimate of drug-likeness (QED) is 0.427. The second-order valence-electron chi connectivity index (χ2n) is 5.05. The molecule has 8 nitrogen and oxygen atoms in total. The van der Waals surface area contributed by atoms with E-state index < -0.39 is 4.92 Å². The molecule has 0 saturated carbocycles. The Kier molecular flexibility index (Phi) is 6.14. The van der Waals surface area contributed by atoms with Crippen molar-refractivity contribution in [2.45, 2.75) is 6.42 Å². The van der Waals surface area contributed by atoms with Gasteiger partial charge in [0.15, 0.2) is 11.5 Å². The van der Waals surface area contributed by atoms with Crippen molar-refractivity contribution in [2.24, 2.45) is 0 Å². The third kappa shape index (κ3) is 4.55. The molecular weight excluding hydrogens is 302 g/mol. The van der Waals surface area contributed by atoms with Crippen LogP contribution in [-0.2, 0) is 4.74 Å². The highest BCUT2D eigenvalue weighted by Gasteiger charge is 2.19. The van der Waals surface area contributed by atoms with Gasteiger partial charge in [-0.3, -0.25) is 15.0 Å². The first-order valence-electron chi connectivity index (χ1n) is 7.35. The van der Waals surface area contributed by atoms with Crippen LogP contribution >= 0.6 is 0 Å². The molecule has 1 fully saturated rings. The molecule has 124 valence electrons. The van der Waals surface area contributed by atoms with Crippen molar-refractivity contribution in [2.75, 3.05) is 46.6 Å². The smallest absolute Gasteiger partial charge is 0.291 e. The number of nitro groups is 1. The predicted octanol–water partition coefficient (Wildman–Crippen LogP) is 1.58. The fourth-order valence-electron chi connectivity index (χ4n) is 2.36.